The minimum absolute atomic E-state index is 0.00472. The fraction of sp³-hybridized carbons (Fsp3) is 0.650. The van der Waals surface area contributed by atoms with Crippen molar-refractivity contribution in [2.75, 3.05) is 0 Å². The van der Waals surface area contributed by atoms with Crippen LogP contribution in [0.1, 0.15) is 47.5 Å². The number of ether oxygens (including phenoxy) is 1. The van der Waals surface area contributed by atoms with Gasteiger partial charge in [-0.25, -0.2) is 0 Å². The van der Waals surface area contributed by atoms with Crippen molar-refractivity contribution in [2.45, 2.75) is 53.6 Å². The van der Waals surface area contributed by atoms with Gasteiger partial charge in [0.1, 0.15) is 6.10 Å². The van der Waals surface area contributed by atoms with E-state index in [2.05, 4.69) is 51.2 Å². The van der Waals surface area contributed by atoms with Crippen LogP contribution in [0.4, 0.5) is 0 Å². The predicted molar refractivity (Wildman–Crippen MR) is 91.3 cm³/mol. The molecule has 0 fully saturated rings. The van der Waals surface area contributed by atoms with Gasteiger partial charge >= 0.3 is 5.97 Å². The van der Waals surface area contributed by atoms with Crippen molar-refractivity contribution in [1.29, 1.82) is 0 Å². The topological polar surface area (TPSA) is 26.3 Å². The maximum Gasteiger partial charge on any atom is 0.308 e. The molecule has 22 heavy (non-hydrogen) atoms. The first-order valence-electron chi connectivity index (χ1n) is 8.71. The zero-order chi connectivity index (χ0) is 16.3. The highest BCUT2D eigenvalue weighted by atomic mass is 16.5. The van der Waals surface area contributed by atoms with Crippen molar-refractivity contribution >= 4 is 5.97 Å². The van der Waals surface area contributed by atoms with Gasteiger partial charge in [0.25, 0.3) is 0 Å². The van der Waals surface area contributed by atoms with Crippen LogP contribution in [0.15, 0.2) is 36.0 Å². The van der Waals surface area contributed by atoms with Gasteiger partial charge in [0.05, 0.1) is 5.92 Å². The molecular formula is C20H30O2. The Bertz CT molecular complexity index is 486. The molecule has 2 heteroatoms. The molecule has 0 aromatic carbocycles. The van der Waals surface area contributed by atoms with Gasteiger partial charge < -0.3 is 4.74 Å². The van der Waals surface area contributed by atoms with Crippen molar-refractivity contribution in [3.8, 4) is 0 Å². The Hall–Kier alpha value is -1.31. The fourth-order valence-corrected chi connectivity index (χ4v) is 3.66. The summed E-state index contributed by atoms with van der Waals surface area (Å²) in [6.07, 6.45) is 13.1. The lowest BCUT2D eigenvalue weighted by molar-refractivity contribution is -0.157. The summed E-state index contributed by atoms with van der Waals surface area (Å²) in [6, 6.07) is 0. The Kier molecular flexibility index (Phi) is 5.66. The second-order valence-corrected chi connectivity index (χ2v) is 7.01. The van der Waals surface area contributed by atoms with E-state index >= 15 is 0 Å². The summed E-state index contributed by atoms with van der Waals surface area (Å²) in [5.74, 6) is 1.62. The number of carbonyl (C=O) groups is 1. The number of rotatable bonds is 4. The van der Waals surface area contributed by atoms with E-state index in [1.54, 1.807) is 0 Å². The van der Waals surface area contributed by atoms with Gasteiger partial charge in [-0.3, -0.25) is 4.79 Å². The van der Waals surface area contributed by atoms with E-state index in [4.69, 9.17) is 4.74 Å². The first kappa shape index (κ1) is 17.1. The molecule has 2 aliphatic carbocycles. The number of carbonyl (C=O) groups excluding carboxylic acids is 1. The highest BCUT2D eigenvalue weighted by Crippen LogP contribution is 2.43. The number of hydrogen-bond acceptors (Lipinski definition) is 2. The molecule has 2 aliphatic rings. The van der Waals surface area contributed by atoms with E-state index in [-0.39, 0.29) is 18.0 Å². The molecule has 2 nitrogen and oxygen atoms in total. The molecule has 6 atom stereocenters. The van der Waals surface area contributed by atoms with Crippen LogP contribution in [-0.2, 0) is 9.53 Å². The molecule has 0 saturated heterocycles. The predicted octanol–water partition coefficient (Wildman–Crippen LogP) is 4.92. The number of hydrogen-bond donors (Lipinski definition) is 0. The van der Waals surface area contributed by atoms with Crippen LogP contribution in [0.25, 0.3) is 0 Å². The lowest BCUT2D eigenvalue weighted by Crippen LogP contribution is -2.40. The average molecular weight is 302 g/mol. The maximum atomic E-state index is 12.3. The molecule has 122 valence electrons. The third kappa shape index (κ3) is 3.53. The third-order valence-corrected chi connectivity index (χ3v) is 5.18. The molecule has 0 N–H and O–H groups in total. The lowest BCUT2D eigenvalue weighted by atomic mass is 9.66. The first-order chi connectivity index (χ1) is 10.5. The van der Waals surface area contributed by atoms with Crippen molar-refractivity contribution in [3.63, 3.8) is 0 Å². The summed E-state index contributed by atoms with van der Waals surface area (Å²) in [5.41, 5.74) is 1.35. The van der Waals surface area contributed by atoms with Gasteiger partial charge in [0.15, 0.2) is 0 Å². The van der Waals surface area contributed by atoms with Crippen molar-refractivity contribution in [1.82, 2.24) is 0 Å². The Labute approximate surface area is 135 Å². The second-order valence-electron chi connectivity index (χ2n) is 7.01. The van der Waals surface area contributed by atoms with Crippen molar-refractivity contribution < 1.29 is 9.53 Å². The molecule has 0 spiro atoms. The van der Waals surface area contributed by atoms with Crippen LogP contribution in [0.5, 0.6) is 0 Å². The fourth-order valence-electron chi connectivity index (χ4n) is 3.66. The molecule has 0 aromatic heterocycles. The molecular weight excluding hydrogens is 272 g/mol. The summed E-state index contributed by atoms with van der Waals surface area (Å²) in [6.45, 7) is 10.5. The molecule has 2 rings (SSSR count). The molecule has 1 unspecified atom stereocenters. The van der Waals surface area contributed by atoms with Crippen LogP contribution in [-0.4, -0.2) is 12.1 Å². The molecule has 0 amide bonds. The van der Waals surface area contributed by atoms with Crippen molar-refractivity contribution in [3.05, 3.63) is 36.0 Å². The lowest BCUT2D eigenvalue weighted by Gasteiger charge is -2.42. The standard InChI is InChI=1S/C20H30O2/c1-6-8-17-15(5)9-10-16-11-13(3)12-18(19(16)17)22-20(21)14(4)7-2/h6,8-11,13-15,17-19H,7,12H2,1-5H3/b8-6+/t13?,14-,15-,17-,18-,19-/m0/s1. The van der Waals surface area contributed by atoms with Crippen LogP contribution in [0.3, 0.4) is 0 Å². The Morgan fingerprint density at radius 1 is 1.45 bits per heavy atom. The normalized spacial score (nSPS) is 35.9. The molecule has 0 saturated carbocycles. The smallest absolute Gasteiger partial charge is 0.308 e. The van der Waals surface area contributed by atoms with Crippen LogP contribution in [0.2, 0.25) is 0 Å². The van der Waals surface area contributed by atoms with E-state index in [1.165, 1.54) is 5.57 Å². The van der Waals surface area contributed by atoms with E-state index in [0.717, 1.165) is 12.8 Å². The summed E-state index contributed by atoms with van der Waals surface area (Å²) in [5, 5.41) is 0. The van der Waals surface area contributed by atoms with E-state index < -0.39 is 0 Å². The summed E-state index contributed by atoms with van der Waals surface area (Å²) in [4.78, 5) is 12.3. The Balaban J connectivity index is 2.28. The molecule has 0 heterocycles. The van der Waals surface area contributed by atoms with Gasteiger partial charge in [0, 0.05) is 5.92 Å². The average Bonchev–Trinajstić information content (AvgIpc) is 2.49. The summed E-state index contributed by atoms with van der Waals surface area (Å²) < 4.78 is 5.96. The van der Waals surface area contributed by atoms with E-state index in [1.807, 2.05) is 13.8 Å². The van der Waals surface area contributed by atoms with E-state index in [0.29, 0.717) is 23.7 Å². The van der Waals surface area contributed by atoms with Crippen LogP contribution in [0, 0.1) is 29.6 Å². The largest absolute Gasteiger partial charge is 0.461 e. The Morgan fingerprint density at radius 3 is 2.82 bits per heavy atom. The van der Waals surface area contributed by atoms with Gasteiger partial charge in [-0.05, 0) is 43.1 Å². The number of esters is 1. The Morgan fingerprint density at radius 2 is 2.18 bits per heavy atom. The quantitative estimate of drug-likeness (QED) is 0.544. The van der Waals surface area contributed by atoms with Crippen LogP contribution >= 0.6 is 0 Å². The monoisotopic (exact) mass is 302 g/mol. The van der Waals surface area contributed by atoms with Crippen molar-refractivity contribution in [2.24, 2.45) is 29.6 Å². The molecule has 0 aromatic rings. The minimum atomic E-state index is -0.0395. The second kappa shape index (κ2) is 7.30. The minimum Gasteiger partial charge on any atom is -0.461 e. The van der Waals surface area contributed by atoms with E-state index in [9.17, 15) is 4.79 Å². The zero-order valence-corrected chi connectivity index (χ0v) is 14.6. The number of allylic oxidation sites excluding steroid dienone is 5. The summed E-state index contributed by atoms with van der Waals surface area (Å²) >= 11 is 0. The van der Waals surface area contributed by atoms with Gasteiger partial charge in [-0.1, -0.05) is 58.1 Å². The molecule has 0 aliphatic heterocycles. The summed E-state index contributed by atoms with van der Waals surface area (Å²) in [7, 11) is 0. The maximum absolute atomic E-state index is 12.3. The van der Waals surface area contributed by atoms with Crippen LogP contribution < -0.4 is 0 Å². The molecule has 0 bridgehead atoms. The highest BCUT2D eigenvalue weighted by molar-refractivity contribution is 5.72. The zero-order valence-electron chi connectivity index (χ0n) is 14.6. The van der Waals surface area contributed by atoms with Gasteiger partial charge in [-0.15, -0.1) is 0 Å². The van der Waals surface area contributed by atoms with Gasteiger partial charge in [-0.2, -0.15) is 0 Å². The SMILES string of the molecule is C/C=C/[C@@H]1[C@@H]2C(=CC(C)C[C@@H]2OC(=O)[C@@H](C)CC)C=C[C@@H]1C. The first-order valence-corrected chi connectivity index (χ1v) is 8.71. The highest BCUT2D eigenvalue weighted by Gasteiger charge is 2.40. The van der Waals surface area contributed by atoms with Gasteiger partial charge in [0.2, 0.25) is 0 Å². The molecule has 0 radical (unpaired) electrons. The third-order valence-electron chi connectivity index (χ3n) is 5.18. The number of fused-ring (bicyclic) bond motifs is 1.